The van der Waals surface area contributed by atoms with E-state index in [9.17, 15) is 23.7 Å². The monoisotopic (exact) mass is 409 g/mol. The minimum Gasteiger partial charge on any atom is -0.256 e. The van der Waals surface area contributed by atoms with E-state index in [2.05, 4.69) is 4.98 Å². The van der Waals surface area contributed by atoms with Crippen LogP contribution in [-0.2, 0) is 0 Å². The number of rotatable bonds is 0. The molecular formula is C25H10F3N3. The molecule has 0 atom stereocenters. The minimum absolute atomic E-state index is 0.0245. The van der Waals surface area contributed by atoms with Crippen LogP contribution in [0.3, 0.4) is 0 Å². The van der Waals surface area contributed by atoms with Crippen molar-refractivity contribution in [3.63, 3.8) is 0 Å². The molecule has 1 heterocycles. The number of hydrogen-bond donors (Lipinski definition) is 0. The Kier molecular flexibility index (Phi) is 4.10. The Balaban J connectivity index is 2.00. The van der Waals surface area contributed by atoms with E-state index in [1.807, 2.05) is 42.5 Å². The van der Waals surface area contributed by atoms with E-state index in [1.165, 1.54) is 0 Å². The summed E-state index contributed by atoms with van der Waals surface area (Å²) >= 11 is 0. The molecule has 0 aliphatic heterocycles. The molecule has 0 radical (unpaired) electrons. The first kappa shape index (κ1) is 18.6. The molecule has 2 aliphatic rings. The van der Waals surface area contributed by atoms with Crippen LogP contribution in [0.25, 0.3) is 28.0 Å². The molecule has 3 nitrogen and oxygen atoms in total. The van der Waals surface area contributed by atoms with Crippen LogP contribution in [0.15, 0.2) is 66.4 Å². The summed E-state index contributed by atoms with van der Waals surface area (Å²) in [7, 11) is 0. The molecule has 2 aromatic carbocycles. The quantitative estimate of drug-likeness (QED) is 0.272. The Bertz CT molecular complexity index is 1430. The largest absolute Gasteiger partial charge is 0.256 e. The zero-order valence-corrected chi connectivity index (χ0v) is 15.7. The third-order valence-corrected chi connectivity index (χ3v) is 5.45. The molecule has 2 aliphatic carbocycles. The zero-order chi connectivity index (χ0) is 21.7. The van der Waals surface area contributed by atoms with Gasteiger partial charge in [-0.05, 0) is 11.6 Å². The number of nitriles is 2. The first-order valence-corrected chi connectivity index (χ1v) is 9.26. The van der Waals surface area contributed by atoms with Crippen LogP contribution in [0.1, 0.15) is 22.3 Å². The maximum absolute atomic E-state index is 14.9. The zero-order valence-electron chi connectivity index (χ0n) is 15.7. The molecule has 5 rings (SSSR count). The van der Waals surface area contributed by atoms with Crippen LogP contribution in [-0.4, -0.2) is 4.98 Å². The van der Waals surface area contributed by atoms with E-state index in [0.717, 1.165) is 23.3 Å². The molecule has 6 heteroatoms. The molecular weight excluding hydrogens is 399 g/mol. The summed E-state index contributed by atoms with van der Waals surface area (Å²) in [6.07, 6.45) is 3.79. The summed E-state index contributed by atoms with van der Waals surface area (Å²) in [5, 5.41) is 18.8. The Hall–Kier alpha value is -4.42. The summed E-state index contributed by atoms with van der Waals surface area (Å²) in [5.74, 6) is -3.64. The number of benzene rings is 2. The highest BCUT2D eigenvalue weighted by molar-refractivity contribution is 6.19. The highest BCUT2D eigenvalue weighted by atomic mass is 19.2. The lowest BCUT2D eigenvalue weighted by molar-refractivity contribution is 0.492. The van der Waals surface area contributed by atoms with Crippen molar-refractivity contribution in [3.05, 3.63) is 106 Å². The van der Waals surface area contributed by atoms with Crippen molar-refractivity contribution in [1.29, 1.82) is 10.5 Å². The smallest absolute Gasteiger partial charge is 0.167 e. The van der Waals surface area contributed by atoms with Gasteiger partial charge >= 0.3 is 0 Å². The lowest BCUT2D eigenvalue weighted by atomic mass is 9.91. The summed E-state index contributed by atoms with van der Waals surface area (Å²) < 4.78 is 43.9. The second-order valence-corrected chi connectivity index (χ2v) is 6.97. The average molecular weight is 409 g/mol. The highest BCUT2D eigenvalue weighted by Gasteiger charge is 2.38. The molecule has 0 fully saturated rings. The number of nitrogens with zero attached hydrogens (tertiary/aromatic N) is 3. The van der Waals surface area contributed by atoms with Gasteiger partial charge in [0.15, 0.2) is 11.6 Å². The second kappa shape index (κ2) is 6.83. The lowest BCUT2D eigenvalue weighted by Gasteiger charge is -2.11. The van der Waals surface area contributed by atoms with E-state index in [0.29, 0.717) is 28.5 Å². The summed E-state index contributed by atoms with van der Waals surface area (Å²) in [4.78, 5) is 4.45. The maximum atomic E-state index is 14.9. The average Bonchev–Trinajstić information content (AvgIpc) is 3.26. The molecule has 31 heavy (non-hydrogen) atoms. The van der Waals surface area contributed by atoms with Crippen LogP contribution in [0.4, 0.5) is 13.2 Å². The number of fused-ring (bicyclic) bond motifs is 4. The van der Waals surface area contributed by atoms with E-state index < -0.39 is 17.5 Å². The van der Waals surface area contributed by atoms with Crippen molar-refractivity contribution < 1.29 is 13.2 Å². The van der Waals surface area contributed by atoms with Gasteiger partial charge in [0, 0.05) is 69.0 Å². The molecule has 0 spiro atoms. The standard InChI is InChI=1S/C25H10F3N3/c26-18-12-19(27)24(28)23-16(8-10-30)21(15(7-9-29)22(18)23)20-13-4-1-2-5-14(13)25-17(20)6-3-11-31-25/h1-8,11-12H/b15-7-,16-8-,21-20-. The summed E-state index contributed by atoms with van der Waals surface area (Å²) in [6, 6.07) is 15.1. The number of aromatic nitrogens is 1. The van der Waals surface area contributed by atoms with Crippen molar-refractivity contribution in [2.75, 3.05) is 0 Å². The third kappa shape index (κ3) is 2.49. The van der Waals surface area contributed by atoms with Crippen molar-refractivity contribution >= 4 is 16.7 Å². The van der Waals surface area contributed by atoms with Gasteiger partial charge in [0.25, 0.3) is 0 Å². The first-order chi connectivity index (χ1) is 15.1. The minimum atomic E-state index is -1.36. The number of halogens is 3. The number of pyridine rings is 1. The van der Waals surface area contributed by atoms with Crippen LogP contribution in [0, 0.1) is 40.1 Å². The second-order valence-electron chi connectivity index (χ2n) is 6.97. The highest BCUT2D eigenvalue weighted by Crippen LogP contribution is 2.55. The Morgan fingerprint density at radius 1 is 0.742 bits per heavy atom. The molecule has 1 aromatic heterocycles. The predicted octanol–water partition coefficient (Wildman–Crippen LogP) is 5.81. The van der Waals surface area contributed by atoms with Crippen LogP contribution < -0.4 is 0 Å². The topological polar surface area (TPSA) is 60.5 Å². The summed E-state index contributed by atoms with van der Waals surface area (Å²) in [6.45, 7) is 0. The van der Waals surface area contributed by atoms with Crippen LogP contribution in [0.2, 0.25) is 0 Å². The molecule has 146 valence electrons. The van der Waals surface area contributed by atoms with Gasteiger partial charge in [-0.2, -0.15) is 10.5 Å². The molecule has 0 N–H and O–H groups in total. The SMILES string of the molecule is N#C/C=C1C(=C2\c3ccccc3-c3ncccc32)/C(=C/C#N)c2c(F)c(F)cc(F)c2/1. The van der Waals surface area contributed by atoms with Gasteiger partial charge in [0.2, 0.25) is 0 Å². The molecule has 0 bridgehead atoms. The van der Waals surface area contributed by atoms with E-state index in [-0.39, 0.29) is 22.3 Å². The van der Waals surface area contributed by atoms with Gasteiger partial charge < -0.3 is 0 Å². The van der Waals surface area contributed by atoms with Gasteiger partial charge in [-0.1, -0.05) is 30.3 Å². The maximum Gasteiger partial charge on any atom is 0.167 e. The van der Waals surface area contributed by atoms with Gasteiger partial charge in [-0.25, -0.2) is 13.2 Å². The van der Waals surface area contributed by atoms with E-state index >= 15 is 0 Å². The fourth-order valence-electron chi connectivity index (χ4n) is 4.34. The third-order valence-electron chi connectivity index (χ3n) is 5.45. The van der Waals surface area contributed by atoms with Gasteiger partial charge in [-0.15, -0.1) is 0 Å². The normalized spacial score (nSPS) is 18.5. The van der Waals surface area contributed by atoms with Crippen molar-refractivity contribution in [1.82, 2.24) is 4.98 Å². The molecule has 0 saturated carbocycles. The van der Waals surface area contributed by atoms with Gasteiger partial charge in [0.1, 0.15) is 5.82 Å². The van der Waals surface area contributed by atoms with Gasteiger partial charge in [-0.3, -0.25) is 4.98 Å². The Morgan fingerprint density at radius 2 is 1.39 bits per heavy atom. The van der Waals surface area contributed by atoms with E-state index in [1.54, 1.807) is 12.3 Å². The predicted molar refractivity (Wildman–Crippen MR) is 109 cm³/mol. The first-order valence-electron chi connectivity index (χ1n) is 9.26. The van der Waals surface area contributed by atoms with Crippen LogP contribution >= 0.6 is 0 Å². The Morgan fingerprint density at radius 3 is 2.10 bits per heavy atom. The van der Waals surface area contributed by atoms with Gasteiger partial charge in [0.05, 0.1) is 17.8 Å². The fraction of sp³-hybridized carbons (Fsp3) is 0. The number of hydrogen-bond acceptors (Lipinski definition) is 3. The van der Waals surface area contributed by atoms with E-state index in [4.69, 9.17) is 0 Å². The lowest BCUT2D eigenvalue weighted by Crippen LogP contribution is -1.97. The molecule has 0 saturated heterocycles. The van der Waals surface area contributed by atoms with Crippen molar-refractivity contribution in [2.45, 2.75) is 0 Å². The van der Waals surface area contributed by atoms with Crippen LogP contribution in [0.5, 0.6) is 0 Å². The molecule has 0 amide bonds. The Labute approximate surface area is 175 Å². The molecule has 3 aromatic rings. The fourth-order valence-corrected chi connectivity index (χ4v) is 4.34. The molecule has 0 unspecified atom stereocenters. The van der Waals surface area contributed by atoms with Crippen molar-refractivity contribution in [2.24, 2.45) is 0 Å². The van der Waals surface area contributed by atoms with Crippen molar-refractivity contribution in [3.8, 4) is 23.4 Å². The number of allylic oxidation sites excluding steroid dienone is 5. The summed E-state index contributed by atoms with van der Waals surface area (Å²) in [5.41, 5.74) is 3.32.